The van der Waals surface area contributed by atoms with Crippen LogP contribution in [0.25, 0.3) is 16.6 Å². The van der Waals surface area contributed by atoms with Crippen LogP contribution in [0.15, 0.2) is 54.1 Å². The van der Waals surface area contributed by atoms with Crippen LogP contribution in [0.3, 0.4) is 0 Å². The van der Waals surface area contributed by atoms with E-state index in [4.69, 9.17) is 0 Å². The number of nitrogens with zero attached hydrogens (tertiary/aromatic N) is 7. The van der Waals surface area contributed by atoms with E-state index in [2.05, 4.69) is 46.1 Å². The highest BCUT2D eigenvalue weighted by Gasteiger charge is 2.37. The van der Waals surface area contributed by atoms with Gasteiger partial charge in [0, 0.05) is 44.7 Å². The standard InChI is InChI=1S/C25H30FN7O2S/c1-17(2)14-31-9-10-32(36(34,35)25-27-16-30(4)29-25)15-24(31)22-12-19-13-28-33(23(19)11-18(22)3)21-7-5-20(26)6-8-21/h5-8,11-13,16-17,24H,9-10,14-15H2,1-4H3. The third kappa shape index (κ3) is 4.54. The molecular weight excluding hydrogens is 481 g/mol. The summed E-state index contributed by atoms with van der Waals surface area (Å²) in [5.74, 6) is 0.134. The summed E-state index contributed by atoms with van der Waals surface area (Å²) in [6, 6.07) is 10.3. The number of hydrogen-bond donors (Lipinski definition) is 0. The van der Waals surface area contributed by atoms with Crippen molar-refractivity contribution in [3.05, 3.63) is 65.9 Å². The maximum Gasteiger partial charge on any atom is 0.282 e. The van der Waals surface area contributed by atoms with Gasteiger partial charge in [0.25, 0.3) is 15.2 Å². The first-order chi connectivity index (χ1) is 17.1. The summed E-state index contributed by atoms with van der Waals surface area (Å²) < 4.78 is 44.7. The third-order valence-corrected chi connectivity index (χ3v) is 8.25. The van der Waals surface area contributed by atoms with Crippen LogP contribution >= 0.6 is 0 Å². The van der Waals surface area contributed by atoms with Crippen molar-refractivity contribution >= 4 is 20.9 Å². The van der Waals surface area contributed by atoms with Gasteiger partial charge in [-0.15, -0.1) is 5.10 Å². The monoisotopic (exact) mass is 511 g/mol. The van der Waals surface area contributed by atoms with E-state index in [0.717, 1.165) is 34.3 Å². The summed E-state index contributed by atoms with van der Waals surface area (Å²) in [5, 5.41) is 9.36. The van der Waals surface area contributed by atoms with Crippen LogP contribution in [0.2, 0.25) is 0 Å². The minimum Gasteiger partial charge on any atom is -0.293 e. The summed E-state index contributed by atoms with van der Waals surface area (Å²) in [6.45, 7) is 8.53. The number of rotatable bonds is 6. The van der Waals surface area contributed by atoms with Gasteiger partial charge in [0.15, 0.2) is 0 Å². The van der Waals surface area contributed by atoms with Gasteiger partial charge in [-0.05, 0) is 60.4 Å². The summed E-state index contributed by atoms with van der Waals surface area (Å²) in [7, 11) is -2.16. The Labute approximate surface area is 210 Å². The minimum absolute atomic E-state index is 0.127. The van der Waals surface area contributed by atoms with Crippen molar-refractivity contribution in [2.45, 2.75) is 32.0 Å². The van der Waals surface area contributed by atoms with Crippen molar-refractivity contribution in [3.63, 3.8) is 0 Å². The number of aromatic nitrogens is 5. The number of halogens is 1. The predicted molar refractivity (Wildman–Crippen MR) is 135 cm³/mol. The number of fused-ring (bicyclic) bond motifs is 1. The van der Waals surface area contributed by atoms with Crippen molar-refractivity contribution in [2.24, 2.45) is 13.0 Å². The molecule has 0 spiro atoms. The van der Waals surface area contributed by atoms with E-state index in [1.807, 2.05) is 6.92 Å². The molecule has 0 amide bonds. The first-order valence-corrected chi connectivity index (χ1v) is 13.4. The number of aryl methyl sites for hydroxylation is 2. The molecule has 0 saturated carbocycles. The molecule has 1 fully saturated rings. The van der Waals surface area contributed by atoms with E-state index in [9.17, 15) is 12.8 Å². The van der Waals surface area contributed by atoms with E-state index < -0.39 is 10.0 Å². The highest BCUT2D eigenvalue weighted by molar-refractivity contribution is 7.88. The van der Waals surface area contributed by atoms with Crippen molar-refractivity contribution in [1.29, 1.82) is 0 Å². The fraction of sp³-hybridized carbons (Fsp3) is 0.400. The summed E-state index contributed by atoms with van der Waals surface area (Å²) in [6.07, 6.45) is 3.19. The normalized spacial score (nSPS) is 17.9. The topological polar surface area (TPSA) is 89.2 Å². The van der Waals surface area contributed by atoms with Gasteiger partial charge in [0.2, 0.25) is 0 Å². The number of piperazine rings is 1. The van der Waals surface area contributed by atoms with Gasteiger partial charge in [-0.1, -0.05) is 13.8 Å². The molecule has 1 saturated heterocycles. The molecule has 2 aromatic carbocycles. The van der Waals surface area contributed by atoms with Gasteiger partial charge < -0.3 is 0 Å². The molecule has 4 aromatic rings. The van der Waals surface area contributed by atoms with Crippen molar-refractivity contribution in [1.82, 2.24) is 33.8 Å². The van der Waals surface area contributed by atoms with E-state index >= 15 is 0 Å². The smallest absolute Gasteiger partial charge is 0.282 e. The lowest BCUT2D eigenvalue weighted by molar-refractivity contribution is 0.104. The summed E-state index contributed by atoms with van der Waals surface area (Å²) in [5.41, 5.74) is 3.80. The SMILES string of the molecule is Cc1cc2c(cnn2-c2ccc(F)cc2)cc1C1CN(S(=O)(=O)c2ncn(C)n2)CCN1CC(C)C. The third-order valence-electron chi connectivity index (χ3n) is 6.59. The summed E-state index contributed by atoms with van der Waals surface area (Å²) >= 11 is 0. The summed E-state index contributed by atoms with van der Waals surface area (Å²) in [4.78, 5) is 6.36. The van der Waals surface area contributed by atoms with Crippen LogP contribution in [0.5, 0.6) is 0 Å². The molecule has 0 aliphatic carbocycles. The molecule has 5 rings (SSSR count). The zero-order valence-electron chi connectivity index (χ0n) is 20.8. The highest BCUT2D eigenvalue weighted by Crippen LogP contribution is 2.33. The van der Waals surface area contributed by atoms with Crippen LogP contribution < -0.4 is 0 Å². The van der Waals surface area contributed by atoms with Gasteiger partial charge in [-0.25, -0.2) is 22.5 Å². The van der Waals surface area contributed by atoms with Crippen LogP contribution in [0.4, 0.5) is 4.39 Å². The van der Waals surface area contributed by atoms with Crippen LogP contribution in [0.1, 0.15) is 31.0 Å². The number of benzene rings is 2. The zero-order valence-corrected chi connectivity index (χ0v) is 21.7. The second-order valence-corrected chi connectivity index (χ2v) is 11.6. The Balaban J connectivity index is 1.53. The van der Waals surface area contributed by atoms with Gasteiger partial charge in [-0.3, -0.25) is 9.58 Å². The quantitative estimate of drug-likeness (QED) is 0.395. The first-order valence-electron chi connectivity index (χ1n) is 12.0. The second-order valence-electron chi connectivity index (χ2n) is 9.77. The van der Waals surface area contributed by atoms with E-state index in [1.54, 1.807) is 30.1 Å². The average Bonchev–Trinajstić information content (AvgIpc) is 3.45. The average molecular weight is 512 g/mol. The maximum atomic E-state index is 13.4. The molecule has 11 heteroatoms. The lowest BCUT2D eigenvalue weighted by Gasteiger charge is -2.42. The number of sulfonamides is 1. The zero-order chi connectivity index (χ0) is 25.6. The molecule has 1 atom stereocenters. The Bertz CT molecular complexity index is 1490. The molecule has 0 radical (unpaired) electrons. The van der Waals surface area contributed by atoms with Crippen LogP contribution in [0, 0.1) is 18.7 Å². The van der Waals surface area contributed by atoms with E-state index in [-0.39, 0.29) is 17.0 Å². The molecule has 1 unspecified atom stereocenters. The molecule has 0 N–H and O–H groups in total. The molecule has 190 valence electrons. The highest BCUT2D eigenvalue weighted by atomic mass is 32.2. The van der Waals surface area contributed by atoms with Gasteiger partial charge in [0.1, 0.15) is 12.1 Å². The number of hydrogen-bond acceptors (Lipinski definition) is 6. The molecule has 9 nitrogen and oxygen atoms in total. The molecule has 1 aliphatic heterocycles. The lowest BCUT2D eigenvalue weighted by atomic mass is 9.96. The maximum absolute atomic E-state index is 13.4. The molecule has 0 bridgehead atoms. The second kappa shape index (κ2) is 9.38. The Kier molecular flexibility index (Phi) is 6.39. The fourth-order valence-corrected chi connectivity index (χ4v) is 6.20. The Morgan fingerprint density at radius 1 is 1.14 bits per heavy atom. The molecular formula is C25H30FN7O2S. The molecule has 1 aliphatic rings. The van der Waals surface area contributed by atoms with Crippen molar-refractivity contribution in [3.8, 4) is 5.69 Å². The lowest BCUT2D eigenvalue weighted by Crippen LogP contribution is -2.51. The molecule has 2 aromatic heterocycles. The predicted octanol–water partition coefficient (Wildman–Crippen LogP) is 3.31. The van der Waals surface area contributed by atoms with E-state index in [0.29, 0.717) is 25.6 Å². The minimum atomic E-state index is -3.81. The Hall–Kier alpha value is -3.15. The fourth-order valence-electron chi connectivity index (χ4n) is 4.89. The van der Waals surface area contributed by atoms with Crippen molar-refractivity contribution in [2.75, 3.05) is 26.2 Å². The van der Waals surface area contributed by atoms with Crippen LogP contribution in [-0.4, -0.2) is 68.3 Å². The van der Waals surface area contributed by atoms with Gasteiger partial charge in [-0.2, -0.15) is 9.40 Å². The van der Waals surface area contributed by atoms with Crippen molar-refractivity contribution < 1.29 is 12.8 Å². The van der Waals surface area contributed by atoms with Gasteiger partial charge in [0.05, 0.1) is 17.4 Å². The molecule has 3 heterocycles. The van der Waals surface area contributed by atoms with Gasteiger partial charge >= 0.3 is 0 Å². The Morgan fingerprint density at radius 3 is 2.56 bits per heavy atom. The van der Waals surface area contributed by atoms with E-state index in [1.165, 1.54) is 27.4 Å². The van der Waals surface area contributed by atoms with Crippen LogP contribution in [-0.2, 0) is 17.1 Å². The largest absolute Gasteiger partial charge is 0.293 e. The Morgan fingerprint density at radius 2 is 1.89 bits per heavy atom. The first kappa shape index (κ1) is 24.5. The molecule has 36 heavy (non-hydrogen) atoms.